The predicted octanol–water partition coefficient (Wildman–Crippen LogP) is 4.01. The quantitative estimate of drug-likeness (QED) is 0.784. The molecular formula is C18H33N3. The largest absolute Gasteiger partial charge is 0.354 e. The van der Waals surface area contributed by atoms with Crippen molar-refractivity contribution in [2.24, 2.45) is 11.8 Å². The van der Waals surface area contributed by atoms with Crippen molar-refractivity contribution < 1.29 is 0 Å². The Labute approximate surface area is 131 Å². The van der Waals surface area contributed by atoms with Gasteiger partial charge in [0.05, 0.1) is 0 Å². The zero-order chi connectivity index (χ0) is 16.0. The second-order valence-electron chi connectivity index (χ2n) is 7.15. The van der Waals surface area contributed by atoms with Crippen LogP contribution >= 0.6 is 0 Å². The minimum absolute atomic E-state index is 0.475. The molecule has 0 aliphatic rings. The van der Waals surface area contributed by atoms with E-state index >= 15 is 0 Å². The number of hydrogen-bond donors (Lipinski definition) is 1. The average Bonchev–Trinajstić information content (AvgIpc) is 2.35. The van der Waals surface area contributed by atoms with Crippen LogP contribution in [0.25, 0.3) is 0 Å². The third kappa shape index (κ3) is 6.04. The molecule has 0 bridgehead atoms. The highest BCUT2D eigenvalue weighted by atomic mass is 15.2. The van der Waals surface area contributed by atoms with Crippen molar-refractivity contribution in [3.8, 4) is 0 Å². The van der Waals surface area contributed by atoms with E-state index in [4.69, 9.17) is 4.98 Å². The lowest BCUT2D eigenvalue weighted by Gasteiger charge is -2.31. The standard InChI is InChI=1S/C18H33N3/c1-13(2)9-19-10-17-8-16(7)18(20-11-17)21(15(5)6)12-14(3)4/h8,11,13-15,19H,9-10,12H2,1-7H3. The lowest BCUT2D eigenvalue weighted by atomic mass is 10.1. The van der Waals surface area contributed by atoms with Crippen molar-refractivity contribution in [3.63, 3.8) is 0 Å². The molecule has 0 atom stereocenters. The molecule has 1 N–H and O–H groups in total. The normalized spacial score (nSPS) is 11.7. The summed E-state index contributed by atoms with van der Waals surface area (Å²) in [6, 6.07) is 2.74. The van der Waals surface area contributed by atoms with Crippen LogP contribution in [0.2, 0.25) is 0 Å². The van der Waals surface area contributed by atoms with E-state index in [1.54, 1.807) is 0 Å². The van der Waals surface area contributed by atoms with Crippen LogP contribution in [0, 0.1) is 18.8 Å². The van der Waals surface area contributed by atoms with Gasteiger partial charge in [-0.15, -0.1) is 0 Å². The summed E-state index contributed by atoms with van der Waals surface area (Å²) >= 11 is 0. The molecule has 0 radical (unpaired) electrons. The summed E-state index contributed by atoms with van der Waals surface area (Å²) < 4.78 is 0. The van der Waals surface area contributed by atoms with Gasteiger partial charge in [0.2, 0.25) is 0 Å². The van der Waals surface area contributed by atoms with Crippen LogP contribution in [0.1, 0.15) is 52.7 Å². The number of nitrogens with one attached hydrogen (secondary N) is 1. The molecule has 0 aromatic carbocycles. The minimum Gasteiger partial charge on any atom is -0.354 e. The number of hydrogen-bond acceptors (Lipinski definition) is 3. The molecule has 0 saturated heterocycles. The van der Waals surface area contributed by atoms with Gasteiger partial charge in [0.1, 0.15) is 5.82 Å². The van der Waals surface area contributed by atoms with E-state index in [1.807, 2.05) is 6.20 Å². The first-order chi connectivity index (χ1) is 9.81. The fraction of sp³-hybridized carbons (Fsp3) is 0.722. The smallest absolute Gasteiger partial charge is 0.131 e. The molecule has 1 aromatic rings. The number of nitrogens with zero attached hydrogens (tertiary/aromatic N) is 2. The highest BCUT2D eigenvalue weighted by molar-refractivity contribution is 5.48. The molecule has 0 amide bonds. The molecule has 1 aromatic heterocycles. The first-order valence-electron chi connectivity index (χ1n) is 8.24. The van der Waals surface area contributed by atoms with Gasteiger partial charge >= 0.3 is 0 Å². The molecule has 3 nitrogen and oxygen atoms in total. The third-order valence-electron chi connectivity index (χ3n) is 3.45. The van der Waals surface area contributed by atoms with E-state index in [0.717, 1.165) is 25.5 Å². The van der Waals surface area contributed by atoms with Crippen LogP contribution in [0.3, 0.4) is 0 Å². The highest BCUT2D eigenvalue weighted by Crippen LogP contribution is 2.21. The monoisotopic (exact) mass is 291 g/mol. The Morgan fingerprint density at radius 3 is 2.24 bits per heavy atom. The first-order valence-corrected chi connectivity index (χ1v) is 8.24. The molecule has 0 aliphatic heterocycles. The minimum atomic E-state index is 0.475. The van der Waals surface area contributed by atoms with Crippen LogP contribution in [-0.2, 0) is 6.54 Å². The molecular weight excluding hydrogens is 258 g/mol. The lowest BCUT2D eigenvalue weighted by Crippen LogP contribution is -2.35. The Morgan fingerprint density at radius 2 is 1.76 bits per heavy atom. The predicted molar refractivity (Wildman–Crippen MR) is 92.8 cm³/mol. The van der Waals surface area contributed by atoms with Crippen molar-refractivity contribution >= 4 is 5.82 Å². The maximum atomic E-state index is 4.74. The van der Waals surface area contributed by atoms with Gasteiger partial charge in [-0.3, -0.25) is 0 Å². The van der Waals surface area contributed by atoms with E-state index in [-0.39, 0.29) is 0 Å². The zero-order valence-electron chi connectivity index (χ0n) is 14.9. The van der Waals surface area contributed by atoms with Gasteiger partial charge < -0.3 is 10.2 Å². The SMILES string of the molecule is Cc1cc(CNCC(C)C)cnc1N(CC(C)C)C(C)C. The molecule has 0 spiro atoms. The van der Waals surface area contributed by atoms with E-state index in [2.05, 4.69) is 64.7 Å². The second kappa shape index (κ2) is 8.38. The Bertz CT molecular complexity index is 424. The summed E-state index contributed by atoms with van der Waals surface area (Å²) in [7, 11) is 0. The van der Waals surface area contributed by atoms with Gasteiger partial charge in [-0.1, -0.05) is 27.7 Å². The lowest BCUT2D eigenvalue weighted by molar-refractivity contribution is 0.550. The highest BCUT2D eigenvalue weighted by Gasteiger charge is 2.15. The van der Waals surface area contributed by atoms with Crippen LogP contribution < -0.4 is 10.2 Å². The molecule has 120 valence electrons. The van der Waals surface area contributed by atoms with Gasteiger partial charge in [0.25, 0.3) is 0 Å². The van der Waals surface area contributed by atoms with E-state index in [9.17, 15) is 0 Å². The summed E-state index contributed by atoms with van der Waals surface area (Å²) in [6.07, 6.45) is 2.02. The van der Waals surface area contributed by atoms with Crippen LogP contribution in [0.4, 0.5) is 5.82 Å². The number of anilines is 1. The van der Waals surface area contributed by atoms with E-state index < -0.39 is 0 Å². The molecule has 0 saturated carbocycles. The topological polar surface area (TPSA) is 28.2 Å². The molecule has 3 heteroatoms. The molecule has 21 heavy (non-hydrogen) atoms. The van der Waals surface area contributed by atoms with Gasteiger partial charge in [-0.05, 0) is 56.3 Å². The van der Waals surface area contributed by atoms with Crippen LogP contribution in [-0.4, -0.2) is 24.1 Å². The summed E-state index contributed by atoms with van der Waals surface area (Å²) in [5.74, 6) is 2.45. The Kier molecular flexibility index (Phi) is 7.16. The second-order valence-corrected chi connectivity index (χ2v) is 7.15. The van der Waals surface area contributed by atoms with Gasteiger partial charge in [0.15, 0.2) is 0 Å². The fourth-order valence-electron chi connectivity index (χ4n) is 2.46. The summed E-state index contributed by atoms with van der Waals surface area (Å²) in [5, 5.41) is 3.48. The Balaban J connectivity index is 2.80. The van der Waals surface area contributed by atoms with Crippen molar-refractivity contribution in [1.82, 2.24) is 10.3 Å². The molecule has 1 heterocycles. The molecule has 0 unspecified atom stereocenters. The van der Waals surface area contributed by atoms with Crippen molar-refractivity contribution in [2.75, 3.05) is 18.0 Å². The average molecular weight is 291 g/mol. The number of pyridine rings is 1. The van der Waals surface area contributed by atoms with Crippen LogP contribution in [0.15, 0.2) is 12.3 Å². The first kappa shape index (κ1) is 18.0. The summed E-state index contributed by atoms with van der Waals surface area (Å²) in [4.78, 5) is 7.14. The van der Waals surface area contributed by atoms with E-state index in [1.165, 1.54) is 11.1 Å². The van der Waals surface area contributed by atoms with Gasteiger partial charge in [-0.2, -0.15) is 0 Å². The molecule has 0 fully saturated rings. The number of aromatic nitrogens is 1. The van der Waals surface area contributed by atoms with Crippen molar-refractivity contribution in [1.29, 1.82) is 0 Å². The number of aryl methyl sites for hydroxylation is 1. The van der Waals surface area contributed by atoms with Gasteiger partial charge in [-0.25, -0.2) is 4.98 Å². The van der Waals surface area contributed by atoms with Gasteiger partial charge in [0, 0.05) is 25.3 Å². The Morgan fingerprint density at radius 1 is 1.10 bits per heavy atom. The number of rotatable bonds is 8. The maximum absolute atomic E-state index is 4.74. The summed E-state index contributed by atoms with van der Waals surface area (Å²) in [6.45, 7) is 18.6. The zero-order valence-corrected chi connectivity index (χ0v) is 14.9. The van der Waals surface area contributed by atoms with E-state index in [0.29, 0.717) is 17.9 Å². The summed E-state index contributed by atoms with van der Waals surface area (Å²) in [5.41, 5.74) is 2.54. The fourth-order valence-corrected chi connectivity index (χ4v) is 2.46. The molecule has 1 rings (SSSR count). The third-order valence-corrected chi connectivity index (χ3v) is 3.45. The molecule has 0 aliphatic carbocycles. The van der Waals surface area contributed by atoms with Crippen molar-refractivity contribution in [2.45, 2.75) is 61.1 Å². The maximum Gasteiger partial charge on any atom is 0.131 e. The Hall–Kier alpha value is -1.09. The van der Waals surface area contributed by atoms with Crippen molar-refractivity contribution in [3.05, 3.63) is 23.4 Å². The van der Waals surface area contributed by atoms with Crippen LogP contribution in [0.5, 0.6) is 0 Å².